The van der Waals surface area contributed by atoms with Crippen molar-refractivity contribution in [2.45, 2.75) is 132 Å². The summed E-state index contributed by atoms with van der Waals surface area (Å²) in [6.07, 6.45) is 7.96. The fourth-order valence-corrected chi connectivity index (χ4v) is 9.75. The van der Waals surface area contributed by atoms with Gasteiger partial charge < -0.3 is 14.6 Å². The van der Waals surface area contributed by atoms with E-state index in [9.17, 15) is 14.7 Å². The molecule has 3 aliphatic carbocycles. The second kappa shape index (κ2) is 9.10. The number of rotatable bonds is 8. The molecular weight excluding hydrogens is 464 g/mol. The number of fused-ring (bicyclic) bond motifs is 3. The molecule has 0 radical (unpaired) electrons. The molecule has 1 heterocycles. The minimum absolute atomic E-state index is 0.00706. The molecule has 4 aliphatic rings. The van der Waals surface area contributed by atoms with Crippen molar-refractivity contribution in [1.82, 2.24) is 0 Å². The van der Waals surface area contributed by atoms with Crippen molar-refractivity contribution >= 4 is 11.9 Å². The van der Waals surface area contributed by atoms with E-state index in [1.165, 1.54) is 12.5 Å². The molecule has 5 nitrogen and oxygen atoms in total. The molecule has 0 amide bonds. The van der Waals surface area contributed by atoms with Crippen molar-refractivity contribution in [2.75, 3.05) is 0 Å². The summed E-state index contributed by atoms with van der Waals surface area (Å²) in [5, 5.41) is 10.7. The molecule has 210 valence electrons. The van der Waals surface area contributed by atoms with Gasteiger partial charge in [-0.3, -0.25) is 9.59 Å². The first-order chi connectivity index (χ1) is 16.9. The van der Waals surface area contributed by atoms with E-state index in [4.69, 9.17) is 9.47 Å². The van der Waals surface area contributed by atoms with Gasteiger partial charge in [-0.1, -0.05) is 66.5 Å². The molecule has 37 heavy (non-hydrogen) atoms. The molecule has 0 aromatic rings. The lowest BCUT2D eigenvalue weighted by Crippen LogP contribution is -2.59. The minimum Gasteiger partial charge on any atom is -0.461 e. The van der Waals surface area contributed by atoms with Gasteiger partial charge in [0.25, 0.3) is 0 Å². The molecule has 8 atom stereocenters. The Morgan fingerprint density at radius 2 is 1.86 bits per heavy atom. The predicted octanol–water partition coefficient (Wildman–Crippen LogP) is 6.86. The van der Waals surface area contributed by atoms with Crippen molar-refractivity contribution < 1.29 is 24.2 Å². The zero-order valence-corrected chi connectivity index (χ0v) is 25.1. The van der Waals surface area contributed by atoms with E-state index in [0.29, 0.717) is 17.8 Å². The number of aliphatic hydroxyl groups excluding tert-OH is 1. The third kappa shape index (κ3) is 4.03. The van der Waals surface area contributed by atoms with Crippen molar-refractivity contribution in [3.8, 4) is 0 Å². The predicted molar refractivity (Wildman–Crippen MR) is 146 cm³/mol. The molecule has 0 aromatic heterocycles. The lowest BCUT2D eigenvalue weighted by Gasteiger charge is -2.61. The Hall–Kier alpha value is -1.36. The van der Waals surface area contributed by atoms with Gasteiger partial charge in [-0.25, -0.2) is 0 Å². The average Bonchev–Trinajstić information content (AvgIpc) is 3.17. The number of hydrogen-bond donors (Lipinski definition) is 1. The first kappa shape index (κ1) is 28.6. The maximum Gasteiger partial charge on any atom is 0.313 e. The van der Waals surface area contributed by atoms with Crippen LogP contribution < -0.4 is 0 Å². The molecule has 5 heteroatoms. The molecule has 1 N–H and O–H groups in total. The normalized spacial score (nSPS) is 38.8. The highest BCUT2D eigenvalue weighted by Gasteiger charge is 2.79. The molecule has 5 unspecified atom stereocenters. The van der Waals surface area contributed by atoms with E-state index in [1.807, 2.05) is 6.92 Å². The quantitative estimate of drug-likeness (QED) is 0.282. The van der Waals surface area contributed by atoms with Crippen molar-refractivity contribution in [1.29, 1.82) is 0 Å². The van der Waals surface area contributed by atoms with Crippen LogP contribution in [0.5, 0.6) is 0 Å². The number of ether oxygens (including phenoxy) is 2. The smallest absolute Gasteiger partial charge is 0.313 e. The van der Waals surface area contributed by atoms with Crippen LogP contribution in [0.15, 0.2) is 11.6 Å². The highest BCUT2D eigenvalue weighted by atomic mass is 16.6. The first-order valence-corrected chi connectivity index (χ1v) is 14.7. The monoisotopic (exact) mass is 516 g/mol. The Balaban J connectivity index is 1.76. The Kier molecular flexibility index (Phi) is 7.04. The average molecular weight is 517 g/mol. The van der Waals surface area contributed by atoms with Gasteiger partial charge in [-0.15, -0.1) is 0 Å². The summed E-state index contributed by atoms with van der Waals surface area (Å²) < 4.78 is 12.3. The Morgan fingerprint density at radius 1 is 1.22 bits per heavy atom. The molecule has 0 aromatic carbocycles. The molecule has 2 bridgehead atoms. The fraction of sp³-hybridized carbons (Fsp3) is 0.875. The van der Waals surface area contributed by atoms with Gasteiger partial charge in [0.05, 0.1) is 17.4 Å². The van der Waals surface area contributed by atoms with Crippen molar-refractivity contribution in [3.63, 3.8) is 0 Å². The van der Waals surface area contributed by atoms with Crippen LogP contribution >= 0.6 is 0 Å². The van der Waals surface area contributed by atoms with Crippen LogP contribution in [-0.4, -0.2) is 34.9 Å². The van der Waals surface area contributed by atoms with Crippen LogP contribution in [0.1, 0.15) is 114 Å². The topological polar surface area (TPSA) is 72.8 Å². The third-order valence-corrected chi connectivity index (χ3v) is 11.8. The van der Waals surface area contributed by atoms with E-state index in [0.717, 1.165) is 44.9 Å². The van der Waals surface area contributed by atoms with Gasteiger partial charge in [0.2, 0.25) is 0 Å². The zero-order chi connectivity index (χ0) is 27.8. The maximum absolute atomic E-state index is 13.8. The van der Waals surface area contributed by atoms with Crippen molar-refractivity contribution in [2.24, 2.45) is 45.3 Å². The van der Waals surface area contributed by atoms with Gasteiger partial charge in [0.1, 0.15) is 11.7 Å². The van der Waals surface area contributed by atoms with Gasteiger partial charge >= 0.3 is 11.9 Å². The molecule has 2 saturated carbocycles. The number of hydrogen-bond acceptors (Lipinski definition) is 5. The molecule has 1 saturated heterocycles. The molecule has 4 rings (SSSR count). The van der Waals surface area contributed by atoms with E-state index in [-0.39, 0.29) is 40.2 Å². The number of aliphatic hydroxyl groups is 1. The van der Waals surface area contributed by atoms with E-state index in [1.54, 1.807) is 0 Å². The number of carbonyl (C=O) groups is 2. The first-order valence-electron chi connectivity index (χ1n) is 14.7. The summed E-state index contributed by atoms with van der Waals surface area (Å²) in [5.41, 5.74) is -0.501. The van der Waals surface area contributed by atoms with Gasteiger partial charge in [-0.2, -0.15) is 0 Å². The van der Waals surface area contributed by atoms with Gasteiger partial charge in [0.15, 0.2) is 0 Å². The highest BCUT2D eigenvalue weighted by Crippen LogP contribution is 2.76. The zero-order valence-electron chi connectivity index (χ0n) is 25.1. The lowest BCUT2D eigenvalue weighted by molar-refractivity contribution is -0.176. The van der Waals surface area contributed by atoms with Gasteiger partial charge in [-0.05, 0) is 81.0 Å². The largest absolute Gasteiger partial charge is 0.461 e. The van der Waals surface area contributed by atoms with E-state index in [2.05, 4.69) is 61.5 Å². The standard InChI is InChI=1S/C32H52O5/c1-19(2)12-11-16-31(10,37-21(4)34)26-24-18-30(9)23-13-14-25(28(5,6)20(3)33)29(7,8)22(23)15-17-32(26,30)27(35)36-24/h13,19-20,22,24-26,33H,11-12,14-18H2,1-10H3/t20?,22?,24?,25?,26-,30+,31+,32?/m1/s1. The summed E-state index contributed by atoms with van der Waals surface area (Å²) in [7, 11) is 0. The summed E-state index contributed by atoms with van der Waals surface area (Å²) in [4.78, 5) is 26.2. The van der Waals surface area contributed by atoms with Crippen LogP contribution in [0, 0.1) is 45.3 Å². The fourth-order valence-electron chi connectivity index (χ4n) is 9.75. The number of carbonyl (C=O) groups excluding carboxylic acids is 2. The second-order valence-corrected chi connectivity index (χ2v) is 15.0. The Bertz CT molecular complexity index is 960. The summed E-state index contributed by atoms with van der Waals surface area (Å²) in [5.74, 6) is 0.779. The molecular formula is C32H52O5. The minimum atomic E-state index is -0.732. The molecule has 3 fully saturated rings. The molecule has 1 spiro atoms. The van der Waals surface area contributed by atoms with Crippen LogP contribution in [0.4, 0.5) is 0 Å². The lowest BCUT2D eigenvalue weighted by atomic mass is 9.43. The highest BCUT2D eigenvalue weighted by molar-refractivity contribution is 5.84. The number of allylic oxidation sites excluding steroid dienone is 2. The summed E-state index contributed by atoms with van der Waals surface area (Å²) >= 11 is 0. The summed E-state index contributed by atoms with van der Waals surface area (Å²) in [6.45, 7) is 21.3. The van der Waals surface area contributed by atoms with Crippen LogP contribution in [0.2, 0.25) is 0 Å². The SMILES string of the molecule is CC(=O)O[C@@](C)(CCCC(C)C)[C@H]1C2C[C@@]3(C)C4=CCC(C(C)(C)C(C)O)C(C)(C)C4CCC13C(=O)O2. The maximum atomic E-state index is 13.8. The second-order valence-electron chi connectivity index (χ2n) is 15.0. The Morgan fingerprint density at radius 3 is 2.43 bits per heavy atom. The third-order valence-electron chi connectivity index (χ3n) is 11.8. The van der Waals surface area contributed by atoms with Crippen LogP contribution in [0.3, 0.4) is 0 Å². The van der Waals surface area contributed by atoms with Gasteiger partial charge in [0, 0.05) is 12.3 Å². The molecule has 1 aliphatic heterocycles. The summed E-state index contributed by atoms with van der Waals surface area (Å²) in [6, 6.07) is 0. The van der Waals surface area contributed by atoms with E-state index >= 15 is 0 Å². The van der Waals surface area contributed by atoms with Crippen LogP contribution in [-0.2, 0) is 19.1 Å². The Labute approximate surface area is 225 Å². The van der Waals surface area contributed by atoms with Crippen LogP contribution in [0.25, 0.3) is 0 Å². The van der Waals surface area contributed by atoms with Crippen molar-refractivity contribution in [3.05, 3.63) is 11.6 Å². The number of esters is 2. The van der Waals surface area contributed by atoms with E-state index < -0.39 is 17.1 Å².